The van der Waals surface area contributed by atoms with Crippen LogP contribution in [0.1, 0.15) is 46.1 Å². The summed E-state index contributed by atoms with van der Waals surface area (Å²) in [7, 11) is 1.64. The number of hydrogen-bond donors (Lipinski definition) is 0. The molecule has 2 unspecified atom stereocenters. The van der Waals surface area contributed by atoms with Crippen molar-refractivity contribution in [2.24, 2.45) is 5.41 Å². The number of rotatable bonds is 9. The van der Waals surface area contributed by atoms with E-state index in [4.69, 9.17) is 18.9 Å². The van der Waals surface area contributed by atoms with Crippen molar-refractivity contribution < 1.29 is 18.9 Å². The molecule has 0 saturated heterocycles. The molecule has 148 valence electrons. The first-order chi connectivity index (χ1) is 12.8. The summed E-state index contributed by atoms with van der Waals surface area (Å²) in [6, 6.07) is 15.8. The fourth-order valence-corrected chi connectivity index (χ4v) is 2.61. The maximum absolute atomic E-state index is 5.82. The fraction of sp³-hybridized carbons (Fsp3) is 0.478. The van der Waals surface area contributed by atoms with Crippen molar-refractivity contribution >= 4 is 0 Å². The zero-order chi connectivity index (χ0) is 19.9. The van der Waals surface area contributed by atoms with Gasteiger partial charge in [-0.05, 0) is 60.2 Å². The summed E-state index contributed by atoms with van der Waals surface area (Å²) in [6.07, 6.45) is -0.338. The molecule has 0 N–H and O–H groups in total. The van der Waals surface area contributed by atoms with Crippen LogP contribution in [0.5, 0.6) is 17.2 Å². The number of ether oxygens (including phenoxy) is 4. The minimum atomic E-state index is -0.338. The number of hydrogen-bond acceptors (Lipinski definition) is 4. The Kier molecular flexibility index (Phi) is 7.55. The molecule has 0 heterocycles. The highest BCUT2D eigenvalue weighted by Crippen LogP contribution is 2.35. The highest BCUT2D eigenvalue weighted by atomic mass is 16.7. The minimum Gasteiger partial charge on any atom is -0.497 e. The van der Waals surface area contributed by atoms with Gasteiger partial charge in [0.2, 0.25) is 0 Å². The van der Waals surface area contributed by atoms with Crippen LogP contribution in [-0.4, -0.2) is 26.6 Å². The van der Waals surface area contributed by atoms with E-state index in [-0.39, 0.29) is 11.7 Å². The highest BCUT2D eigenvalue weighted by Gasteiger charge is 2.21. The largest absolute Gasteiger partial charge is 0.497 e. The topological polar surface area (TPSA) is 36.9 Å². The van der Waals surface area contributed by atoms with Gasteiger partial charge in [-0.1, -0.05) is 39.8 Å². The third kappa shape index (κ3) is 6.79. The van der Waals surface area contributed by atoms with E-state index in [1.807, 2.05) is 43.3 Å². The van der Waals surface area contributed by atoms with Crippen LogP contribution in [0.25, 0.3) is 0 Å². The molecule has 0 spiro atoms. The average Bonchev–Trinajstić information content (AvgIpc) is 2.65. The summed E-state index contributed by atoms with van der Waals surface area (Å²) < 4.78 is 22.3. The molecule has 0 radical (unpaired) electrons. The second-order valence-electron chi connectivity index (χ2n) is 7.74. The van der Waals surface area contributed by atoms with Crippen LogP contribution < -0.4 is 14.2 Å². The van der Waals surface area contributed by atoms with Crippen LogP contribution in [-0.2, 0) is 4.74 Å². The lowest BCUT2D eigenvalue weighted by molar-refractivity contribution is -0.0739. The van der Waals surface area contributed by atoms with Gasteiger partial charge in [0.05, 0.1) is 13.7 Å². The summed E-state index contributed by atoms with van der Waals surface area (Å²) in [5.74, 6) is 2.89. The van der Waals surface area contributed by atoms with Crippen molar-refractivity contribution in [2.45, 2.75) is 46.8 Å². The second kappa shape index (κ2) is 9.65. The van der Waals surface area contributed by atoms with E-state index in [0.29, 0.717) is 19.1 Å². The van der Waals surface area contributed by atoms with Gasteiger partial charge in [-0.3, -0.25) is 0 Å². The molecule has 0 aromatic heterocycles. The molecule has 4 nitrogen and oxygen atoms in total. The molecule has 2 rings (SSSR count). The first-order valence-electron chi connectivity index (χ1n) is 9.44. The van der Waals surface area contributed by atoms with Gasteiger partial charge in [0.15, 0.2) is 6.29 Å². The molecular formula is C23H32O4. The Balaban J connectivity index is 1.72. The molecular weight excluding hydrogens is 340 g/mol. The summed E-state index contributed by atoms with van der Waals surface area (Å²) in [5.41, 5.74) is 1.55. The Morgan fingerprint density at radius 3 is 1.89 bits per heavy atom. The van der Waals surface area contributed by atoms with Crippen LogP contribution in [0, 0.1) is 5.41 Å². The first-order valence-corrected chi connectivity index (χ1v) is 9.44. The molecule has 4 heteroatoms. The van der Waals surface area contributed by atoms with Gasteiger partial charge in [0, 0.05) is 0 Å². The lowest BCUT2D eigenvalue weighted by Gasteiger charge is -2.27. The average molecular weight is 373 g/mol. The monoisotopic (exact) mass is 372 g/mol. The second-order valence-corrected chi connectivity index (χ2v) is 7.74. The van der Waals surface area contributed by atoms with Crippen LogP contribution in [0.3, 0.4) is 0 Å². The van der Waals surface area contributed by atoms with Gasteiger partial charge in [-0.2, -0.15) is 0 Å². The van der Waals surface area contributed by atoms with Crippen molar-refractivity contribution in [2.75, 3.05) is 20.3 Å². The quantitative estimate of drug-likeness (QED) is 0.420. The third-order valence-electron chi connectivity index (χ3n) is 4.75. The lowest BCUT2D eigenvalue weighted by atomic mass is 9.78. The van der Waals surface area contributed by atoms with Gasteiger partial charge < -0.3 is 18.9 Å². The molecule has 2 aromatic carbocycles. The predicted molar refractivity (Wildman–Crippen MR) is 109 cm³/mol. The molecule has 2 atom stereocenters. The maximum atomic E-state index is 5.82. The van der Waals surface area contributed by atoms with E-state index in [9.17, 15) is 0 Å². The molecule has 0 fully saturated rings. The van der Waals surface area contributed by atoms with Gasteiger partial charge in [0.25, 0.3) is 0 Å². The Labute approximate surface area is 163 Å². The van der Waals surface area contributed by atoms with Crippen molar-refractivity contribution in [1.82, 2.24) is 0 Å². The van der Waals surface area contributed by atoms with E-state index in [1.54, 1.807) is 7.11 Å². The van der Waals surface area contributed by atoms with Crippen molar-refractivity contribution in [1.29, 1.82) is 0 Å². The summed E-state index contributed by atoms with van der Waals surface area (Å²) in [5, 5.41) is 0. The summed E-state index contributed by atoms with van der Waals surface area (Å²) in [4.78, 5) is 0. The van der Waals surface area contributed by atoms with Crippen molar-refractivity contribution in [3.8, 4) is 17.2 Å². The van der Waals surface area contributed by atoms with Gasteiger partial charge in [-0.25, -0.2) is 0 Å². The standard InChI is InChI=1S/C23H32O4/c1-17(23(3,4)5)19-7-9-22(10-8-19)27-18(2)25-15-16-26-21-13-11-20(24-6)12-14-21/h7-14,17-18H,15-16H2,1-6H3. The SMILES string of the molecule is COc1ccc(OCCOC(C)Oc2ccc(C(C)C(C)(C)C)cc2)cc1. The normalized spacial score (nSPS) is 13.7. The Morgan fingerprint density at radius 2 is 1.33 bits per heavy atom. The zero-order valence-electron chi connectivity index (χ0n) is 17.3. The van der Waals surface area contributed by atoms with Crippen LogP contribution in [0.4, 0.5) is 0 Å². The molecule has 0 aliphatic carbocycles. The predicted octanol–water partition coefficient (Wildman–Crippen LogP) is 5.67. The van der Waals surface area contributed by atoms with E-state index in [1.165, 1.54) is 5.56 Å². The summed E-state index contributed by atoms with van der Waals surface area (Å²) in [6.45, 7) is 11.8. The lowest BCUT2D eigenvalue weighted by Crippen LogP contribution is -2.20. The minimum absolute atomic E-state index is 0.239. The van der Waals surface area contributed by atoms with E-state index in [0.717, 1.165) is 17.2 Å². The van der Waals surface area contributed by atoms with E-state index >= 15 is 0 Å². The molecule has 0 aliphatic heterocycles. The maximum Gasteiger partial charge on any atom is 0.197 e. The molecule has 0 aliphatic rings. The number of methoxy groups -OCH3 is 1. The third-order valence-corrected chi connectivity index (χ3v) is 4.75. The van der Waals surface area contributed by atoms with E-state index in [2.05, 4.69) is 39.8 Å². The van der Waals surface area contributed by atoms with Crippen LogP contribution in [0.15, 0.2) is 48.5 Å². The van der Waals surface area contributed by atoms with Gasteiger partial charge in [0.1, 0.15) is 23.9 Å². The Hall–Kier alpha value is -2.20. The van der Waals surface area contributed by atoms with Crippen molar-refractivity contribution in [3.05, 3.63) is 54.1 Å². The smallest absolute Gasteiger partial charge is 0.197 e. The molecule has 2 aromatic rings. The Morgan fingerprint density at radius 1 is 0.778 bits per heavy atom. The number of benzene rings is 2. The molecule has 0 saturated carbocycles. The van der Waals surface area contributed by atoms with E-state index < -0.39 is 0 Å². The van der Waals surface area contributed by atoms with Crippen molar-refractivity contribution in [3.63, 3.8) is 0 Å². The van der Waals surface area contributed by atoms with Gasteiger partial charge >= 0.3 is 0 Å². The first kappa shape index (κ1) is 21.1. The van der Waals surface area contributed by atoms with Crippen LogP contribution in [0.2, 0.25) is 0 Å². The zero-order valence-corrected chi connectivity index (χ0v) is 17.3. The van der Waals surface area contributed by atoms with Gasteiger partial charge in [-0.15, -0.1) is 0 Å². The van der Waals surface area contributed by atoms with Crippen LogP contribution >= 0.6 is 0 Å². The molecule has 0 bridgehead atoms. The Bertz CT molecular complexity index is 671. The summed E-state index contributed by atoms with van der Waals surface area (Å²) >= 11 is 0. The molecule has 0 amide bonds. The fourth-order valence-electron chi connectivity index (χ4n) is 2.61. The highest BCUT2D eigenvalue weighted by molar-refractivity contribution is 5.31. The molecule has 27 heavy (non-hydrogen) atoms.